The van der Waals surface area contributed by atoms with E-state index in [1.165, 1.54) is 18.0 Å². The lowest BCUT2D eigenvalue weighted by atomic mass is 9.98. The Morgan fingerprint density at radius 1 is 1.41 bits per heavy atom. The molecule has 0 spiro atoms. The maximum atomic E-state index is 10.1. The average Bonchev–Trinajstić information content (AvgIpc) is 3.15. The second-order valence-electron chi connectivity index (χ2n) is 7.29. The van der Waals surface area contributed by atoms with Crippen molar-refractivity contribution in [2.24, 2.45) is 0 Å². The third-order valence-corrected chi connectivity index (χ3v) is 6.24. The number of likely N-dealkylation sites (tertiary alicyclic amines) is 1. The highest BCUT2D eigenvalue weighted by Crippen LogP contribution is 2.33. The zero-order chi connectivity index (χ0) is 18.8. The Labute approximate surface area is 167 Å². The molecule has 2 fully saturated rings. The molecule has 0 bridgehead atoms. The second-order valence-corrected chi connectivity index (χ2v) is 8.45. The molecule has 0 saturated carbocycles. The maximum Gasteiger partial charge on any atom is 0.147 e. The van der Waals surface area contributed by atoms with Gasteiger partial charge in [0.1, 0.15) is 16.6 Å². The van der Waals surface area contributed by atoms with Crippen molar-refractivity contribution >= 4 is 29.0 Å². The van der Waals surface area contributed by atoms with Gasteiger partial charge >= 0.3 is 0 Å². The number of aliphatic hydroxyl groups excluding tert-OH is 1. The fourth-order valence-corrected chi connectivity index (χ4v) is 4.67. The molecule has 2 aliphatic heterocycles. The first kappa shape index (κ1) is 19.0. The molecule has 0 aliphatic carbocycles. The number of aromatic nitrogens is 3. The quantitative estimate of drug-likeness (QED) is 0.802. The fourth-order valence-electron chi connectivity index (χ4n) is 3.65. The van der Waals surface area contributed by atoms with E-state index in [1.54, 1.807) is 6.20 Å². The molecule has 146 valence electrons. The van der Waals surface area contributed by atoms with Crippen molar-refractivity contribution in [2.75, 3.05) is 38.7 Å². The van der Waals surface area contributed by atoms with E-state index in [2.05, 4.69) is 26.6 Å². The molecule has 0 amide bonds. The Bertz CT molecular complexity index is 789. The van der Waals surface area contributed by atoms with Crippen molar-refractivity contribution in [1.82, 2.24) is 19.2 Å². The summed E-state index contributed by atoms with van der Waals surface area (Å²) in [5.41, 5.74) is 0.823. The molecule has 0 radical (unpaired) electrons. The molecule has 1 unspecified atom stereocenters. The van der Waals surface area contributed by atoms with Crippen LogP contribution in [-0.2, 0) is 4.74 Å². The molecule has 2 saturated heterocycles. The summed E-state index contributed by atoms with van der Waals surface area (Å²) in [6.07, 6.45) is 4.11. The molecule has 3 atom stereocenters. The number of ether oxygens (including phenoxy) is 1. The third-order valence-electron chi connectivity index (χ3n) is 5.18. The molecular weight excluding hydrogens is 386 g/mol. The molecule has 2 aromatic rings. The average molecular weight is 410 g/mol. The van der Waals surface area contributed by atoms with Crippen LogP contribution in [0.5, 0.6) is 0 Å². The molecule has 7 nitrogen and oxygen atoms in total. The largest absolute Gasteiger partial charge is 0.389 e. The third kappa shape index (κ3) is 4.41. The molecule has 9 heteroatoms. The lowest BCUT2D eigenvalue weighted by Crippen LogP contribution is -2.42. The number of halogens is 1. The predicted molar refractivity (Wildman–Crippen MR) is 106 cm³/mol. The van der Waals surface area contributed by atoms with Crippen molar-refractivity contribution < 1.29 is 9.84 Å². The van der Waals surface area contributed by atoms with E-state index in [0.717, 1.165) is 42.3 Å². The Balaban J connectivity index is 1.53. The van der Waals surface area contributed by atoms with Gasteiger partial charge in [-0.05, 0) is 50.5 Å². The molecule has 27 heavy (non-hydrogen) atoms. The molecule has 2 aromatic heterocycles. The Morgan fingerprint density at radius 2 is 2.30 bits per heavy atom. The van der Waals surface area contributed by atoms with Gasteiger partial charge < -0.3 is 20.1 Å². The lowest BCUT2D eigenvalue weighted by molar-refractivity contribution is -0.0135. The van der Waals surface area contributed by atoms with Crippen LogP contribution in [0.3, 0.4) is 0 Å². The highest BCUT2D eigenvalue weighted by atomic mass is 35.5. The first-order chi connectivity index (χ1) is 13.1. The van der Waals surface area contributed by atoms with Crippen LogP contribution in [0.4, 0.5) is 5.82 Å². The standard InChI is InChI=1S/C18H24ClN5O2S/c1-24-5-2-3-11(9-24)17-22-18(27-23-17)12-7-16(20-8-13(12)19)21-14-4-6-26-10-15(14)25/h7-8,11,14-15,25H,2-6,9-10H2,1H3,(H,20,21)/t11?,14-,15-/m1/s1. The summed E-state index contributed by atoms with van der Waals surface area (Å²) in [7, 11) is 2.14. The monoisotopic (exact) mass is 409 g/mol. The molecule has 2 aliphatic rings. The van der Waals surface area contributed by atoms with Gasteiger partial charge in [-0.15, -0.1) is 0 Å². The number of aliphatic hydroxyl groups is 1. The van der Waals surface area contributed by atoms with E-state index in [1.807, 2.05) is 6.07 Å². The van der Waals surface area contributed by atoms with Gasteiger partial charge in [0.25, 0.3) is 0 Å². The van der Waals surface area contributed by atoms with Crippen molar-refractivity contribution in [3.05, 3.63) is 23.1 Å². The highest BCUT2D eigenvalue weighted by molar-refractivity contribution is 7.09. The van der Waals surface area contributed by atoms with Gasteiger partial charge in [-0.3, -0.25) is 0 Å². The number of likely N-dealkylation sites (N-methyl/N-ethyl adjacent to an activating group) is 1. The van der Waals surface area contributed by atoms with E-state index >= 15 is 0 Å². The summed E-state index contributed by atoms with van der Waals surface area (Å²) in [5, 5.41) is 14.7. The van der Waals surface area contributed by atoms with E-state index in [0.29, 0.717) is 30.0 Å². The number of piperidine rings is 1. The van der Waals surface area contributed by atoms with E-state index < -0.39 is 6.10 Å². The van der Waals surface area contributed by atoms with Crippen LogP contribution in [0, 0.1) is 0 Å². The Kier molecular flexibility index (Phi) is 5.89. The first-order valence-electron chi connectivity index (χ1n) is 9.30. The summed E-state index contributed by atoms with van der Waals surface area (Å²) in [6.45, 7) is 3.10. The van der Waals surface area contributed by atoms with Crippen LogP contribution in [0.25, 0.3) is 10.6 Å². The number of pyridine rings is 1. The minimum Gasteiger partial charge on any atom is -0.389 e. The molecule has 0 aromatic carbocycles. The van der Waals surface area contributed by atoms with Gasteiger partial charge in [-0.25, -0.2) is 9.97 Å². The summed E-state index contributed by atoms with van der Waals surface area (Å²) in [4.78, 5) is 11.5. The van der Waals surface area contributed by atoms with Crippen molar-refractivity contribution in [1.29, 1.82) is 0 Å². The van der Waals surface area contributed by atoms with E-state index in [4.69, 9.17) is 21.3 Å². The topological polar surface area (TPSA) is 83.4 Å². The molecule has 2 N–H and O–H groups in total. The number of hydrogen-bond donors (Lipinski definition) is 2. The zero-order valence-corrected chi connectivity index (χ0v) is 16.8. The van der Waals surface area contributed by atoms with Gasteiger partial charge in [0.2, 0.25) is 0 Å². The van der Waals surface area contributed by atoms with E-state index in [-0.39, 0.29) is 6.04 Å². The second kappa shape index (κ2) is 8.36. The zero-order valence-electron chi connectivity index (χ0n) is 15.3. The lowest BCUT2D eigenvalue weighted by Gasteiger charge is -2.28. The van der Waals surface area contributed by atoms with Gasteiger partial charge in [-0.2, -0.15) is 4.37 Å². The van der Waals surface area contributed by atoms with Gasteiger partial charge in [0.05, 0.1) is 23.8 Å². The summed E-state index contributed by atoms with van der Waals surface area (Å²) >= 11 is 7.77. The summed E-state index contributed by atoms with van der Waals surface area (Å²) in [6, 6.07) is 1.81. The van der Waals surface area contributed by atoms with Crippen LogP contribution < -0.4 is 5.32 Å². The first-order valence-corrected chi connectivity index (χ1v) is 10.5. The predicted octanol–water partition coefficient (Wildman–Crippen LogP) is 2.62. The number of nitrogens with zero attached hydrogens (tertiary/aromatic N) is 4. The number of rotatable bonds is 4. The molecule has 4 rings (SSSR count). The van der Waals surface area contributed by atoms with Crippen LogP contribution in [0.15, 0.2) is 12.3 Å². The van der Waals surface area contributed by atoms with Crippen LogP contribution in [-0.4, -0.2) is 69.8 Å². The fraction of sp³-hybridized carbons (Fsp3) is 0.611. The van der Waals surface area contributed by atoms with Gasteiger partial charge in [0, 0.05) is 30.8 Å². The smallest absolute Gasteiger partial charge is 0.147 e. The Morgan fingerprint density at radius 3 is 3.11 bits per heavy atom. The van der Waals surface area contributed by atoms with Crippen molar-refractivity contribution in [3.63, 3.8) is 0 Å². The molecule has 4 heterocycles. The van der Waals surface area contributed by atoms with E-state index in [9.17, 15) is 5.11 Å². The van der Waals surface area contributed by atoms with Crippen LogP contribution >= 0.6 is 23.1 Å². The summed E-state index contributed by atoms with van der Waals surface area (Å²) in [5.74, 6) is 1.96. The minimum atomic E-state index is -0.545. The van der Waals surface area contributed by atoms with Gasteiger partial charge in [0.15, 0.2) is 0 Å². The van der Waals surface area contributed by atoms with Crippen molar-refractivity contribution in [2.45, 2.75) is 37.3 Å². The SMILES string of the molecule is CN1CCCC(c2nsc(-c3cc(N[C@@H]4CCOC[C@H]4O)ncc3Cl)n2)C1. The van der Waals surface area contributed by atoms with Crippen LogP contribution in [0.1, 0.15) is 31.0 Å². The molecular formula is C18H24ClN5O2S. The number of nitrogens with one attached hydrogen (secondary N) is 1. The minimum absolute atomic E-state index is 0.0805. The number of anilines is 1. The number of hydrogen-bond acceptors (Lipinski definition) is 8. The van der Waals surface area contributed by atoms with Crippen molar-refractivity contribution in [3.8, 4) is 10.6 Å². The normalized spacial score (nSPS) is 26.9. The van der Waals surface area contributed by atoms with Gasteiger partial charge in [-0.1, -0.05) is 11.6 Å². The summed E-state index contributed by atoms with van der Waals surface area (Å²) < 4.78 is 9.88. The maximum absolute atomic E-state index is 10.1. The van der Waals surface area contributed by atoms with Crippen LogP contribution in [0.2, 0.25) is 5.02 Å². The highest BCUT2D eigenvalue weighted by Gasteiger charge is 2.25. The Hall–Kier alpha value is -1.32.